The van der Waals surface area contributed by atoms with Gasteiger partial charge in [-0.2, -0.15) is 0 Å². The molecule has 21 heavy (non-hydrogen) atoms. The number of hydrogen-bond acceptors (Lipinski definition) is 1. The lowest BCUT2D eigenvalue weighted by Gasteiger charge is -2.21. The summed E-state index contributed by atoms with van der Waals surface area (Å²) in [6.45, 7) is 5.02. The van der Waals surface area contributed by atoms with Crippen LogP contribution in [0.5, 0.6) is 0 Å². The Balaban J connectivity index is 2.14. The van der Waals surface area contributed by atoms with E-state index in [-0.39, 0.29) is 11.7 Å². The number of nitrogens with zero attached hydrogens (tertiary/aromatic N) is 1. The predicted octanol–water partition coefficient (Wildman–Crippen LogP) is 4.05. The molecule has 1 amide bonds. The third-order valence-electron chi connectivity index (χ3n) is 3.54. The maximum Gasteiger partial charge on any atom is 0.254 e. The van der Waals surface area contributed by atoms with Gasteiger partial charge in [0.1, 0.15) is 5.82 Å². The molecule has 0 spiro atoms. The SMILES string of the molecule is CCc1ccc(C(=O)N(CC)Cc2cccc(F)c2)cc1. The zero-order chi connectivity index (χ0) is 15.2. The minimum absolute atomic E-state index is 0.0237. The smallest absolute Gasteiger partial charge is 0.254 e. The molecule has 0 fully saturated rings. The first kappa shape index (κ1) is 15.2. The van der Waals surface area contributed by atoms with Crippen molar-refractivity contribution in [2.75, 3.05) is 6.54 Å². The minimum Gasteiger partial charge on any atom is -0.335 e. The van der Waals surface area contributed by atoms with Gasteiger partial charge in [-0.15, -0.1) is 0 Å². The van der Waals surface area contributed by atoms with E-state index in [1.54, 1.807) is 11.0 Å². The Morgan fingerprint density at radius 2 is 1.76 bits per heavy atom. The van der Waals surface area contributed by atoms with Crippen LogP contribution in [-0.2, 0) is 13.0 Å². The number of benzene rings is 2. The topological polar surface area (TPSA) is 20.3 Å². The molecular weight excluding hydrogens is 265 g/mol. The molecule has 0 N–H and O–H groups in total. The molecule has 0 unspecified atom stereocenters. The monoisotopic (exact) mass is 285 g/mol. The molecule has 2 rings (SSSR count). The van der Waals surface area contributed by atoms with Crippen LogP contribution in [-0.4, -0.2) is 17.4 Å². The number of rotatable bonds is 5. The first-order chi connectivity index (χ1) is 10.1. The summed E-state index contributed by atoms with van der Waals surface area (Å²) < 4.78 is 13.2. The number of hydrogen-bond donors (Lipinski definition) is 0. The molecule has 0 heterocycles. The highest BCUT2D eigenvalue weighted by Gasteiger charge is 2.14. The number of carbonyl (C=O) groups excluding carboxylic acids is 1. The van der Waals surface area contributed by atoms with Crippen LogP contribution >= 0.6 is 0 Å². The fraction of sp³-hybridized carbons (Fsp3) is 0.278. The van der Waals surface area contributed by atoms with Gasteiger partial charge in [0.25, 0.3) is 5.91 Å². The second-order valence-electron chi connectivity index (χ2n) is 5.00. The van der Waals surface area contributed by atoms with Gasteiger partial charge in [0.2, 0.25) is 0 Å². The minimum atomic E-state index is -0.275. The summed E-state index contributed by atoms with van der Waals surface area (Å²) in [5.41, 5.74) is 2.68. The highest BCUT2D eigenvalue weighted by Crippen LogP contribution is 2.12. The second-order valence-corrected chi connectivity index (χ2v) is 5.00. The summed E-state index contributed by atoms with van der Waals surface area (Å²) in [5.74, 6) is -0.298. The summed E-state index contributed by atoms with van der Waals surface area (Å²) in [7, 11) is 0. The van der Waals surface area contributed by atoms with Crippen LogP contribution in [0.15, 0.2) is 48.5 Å². The van der Waals surface area contributed by atoms with Gasteiger partial charge in [-0.25, -0.2) is 4.39 Å². The molecule has 2 aromatic carbocycles. The maximum atomic E-state index is 13.2. The average molecular weight is 285 g/mol. The quantitative estimate of drug-likeness (QED) is 0.811. The number of carbonyl (C=O) groups is 1. The van der Waals surface area contributed by atoms with Crippen molar-refractivity contribution in [1.82, 2.24) is 4.90 Å². The van der Waals surface area contributed by atoms with E-state index in [1.807, 2.05) is 37.3 Å². The number of halogens is 1. The van der Waals surface area contributed by atoms with E-state index in [0.29, 0.717) is 18.7 Å². The van der Waals surface area contributed by atoms with Gasteiger partial charge < -0.3 is 4.90 Å². The van der Waals surface area contributed by atoms with Gasteiger partial charge in [0, 0.05) is 18.7 Å². The van der Waals surface area contributed by atoms with E-state index in [9.17, 15) is 9.18 Å². The highest BCUT2D eigenvalue weighted by molar-refractivity contribution is 5.94. The van der Waals surface area contributed by atoms with Crippen molar-refractivity contribution in [3.8, 4) is 0 Å². The second kappa shape index (κ2) is 7.02. The summed E-state index contributed by atoms with van der Waals surface area (Å²) in [4.78, 5) is 14.2. The Hall–Kier alpha value is -2.16. The Kier molecular flexibility index (Phi) is 5.09. The fourth-order valence-electron chi connectivity index (χ4n) is 2.25. The van der Waals surface area contributed by atoms with E-state index in [1.165, 1.54) is 17.7 Å². The highest BCUT2D eigenvalue weighted by atomic mass is 19.1. The van der Waals surface area contributed by atoms with Crippen molar-refractivity contribution in [3.05, 3.63) is 71.0 Å². The summed E-state index contributed by atoms with van der Waals surface area (Å²) in [6, 6.07) is 14.0. The van der Waals surface area contributed by atoms with E-state index < -0.39 is 0 Å². The lowest BCUT2D eigenvalue weighted by atomic mass is 10.1. The average Bonchev–Trinajstić information content (AvgIpc) is 2.52. The molecule has 0 saturated heterocycles. The maximum absolute atomic E-state index is 13.2. The lowest BCUT2D eigenvalue weighted by Crippen LogP contribution is -2.30. The third kappa shape index (κ3) is 3.91. The summed E-state index contributed by atoms with van der Waals surface area (Å²) in [5, 5.41) is 0. The van der Waals surface area contributed by atoms with Gasteiger partial charge in [0.15, 0.2) is 0 Å². The van der Waals surface area contributed by atoms with E-state index in [0.717, 1.165) is 12.0 Å². The van der Waals surface area contributed by atoms with Gasteiger partial charge in [-0.05, 0) is 48.7 Å². The van der Waals surface area contributed by atoms with Gasteiger partial charge in [0.05, 0.1) is 0 Å². The van der Waals surface area contributed by atoms with Gasteiger partial charge in [-0.1, -0.05) is 31.2 Å². The third-order valence-corrected chi connectivity index (χ3v) is 3.54. The molecule has 0 atom stereocenters. The Labute approximate surface area is 125 Å². The van der Waals surface area contributed by atoms with Gasteiger partial charge in [-0.3, -0.25) is 4.79 Å². The Morgan fingerprint density at radius 1 is 1.05 bits per heavy atom. The standard InChI is InChI=1S/C18H20FNO/c1-3-14-8-10-16(11-9-14)18(21)20(4-2)13-15-6-5-7-17(19)12-15/h5-12H,3-4,13H2,1-2H3. The normalized spacial score (nSPS) is 10.4. The summed E-state index contributed by atoms with van der Waals surface area (Å²) >= 11 is 0. The lowest BCUT2D eigenvalue weighted by molar-refractivity contribution is 0.0752. The van der Waals surface area contributed by atoms with Crippen molar-refractivity contribution in [1.29, 1.82) is 0 Å². The zero-order valence-electron chi connectivity index (χ0n) is 12.5. The zero-order valence-corrected chi connectivity index (χ0v) is 12.5. The molecule has 0 aliphatic carbocycles. The van der Waals surface area contributed by atoms with Crippen molar-refractivity contribution >= 4 is 5.91 Å². The molecule has 0 aromatic heterocycles. The molecule has 3 heteroatoms. The van der Waals surface area contributed by atoms with E-state index in [2.05, 4.69) is 6.92 Å². The van der Waals surface area contributed by atoms with Crippen LogP contribution < -0.4 is 0 Å². The van der Waals surface area contributed by atoms with Crippen LogP contribution in [0, 0.1) is 5.82 Å². The Bertz CT molecular complexity index is 607. The van der Waals surface area contributed by atoms with E-state index >= 15 is 0 Å². The molecule has 2 nitrogen and oxygen atoms in total. The molecule has 110 valence electrons. The Morgan fingerprint density at radius 3 is 2.33 bits per heavy atom. The van der Waals surface area contributed by atoms with Crippen LogP contribution in [0.3, 0.4) is 0 Å². The predicted molar refractivity (Wildman–Crippen MR) is 82.6 cm³/mol. The molecule has 2 aromatic rings. The van der Waals surface area contributed by atoms with Crippen LogP contribution in [0.25, 0.3) is 0 Å². The molecular formula is C18H20FNO. The molecule has 0 radical (unpaired) electrons. The van der Waals surface area contributed by atoms with Crippen LogP contribution in [0.2, 0.25) is 0 Å². The molecule has 0 aliphatic heterocycles. The van der Waals surface area contributed by atoms with Crippen molar-refractivity contribution in [2.45, 2.75) is 26.8 Å². The molecule has 0 saturated carbocycles. The number of amides is 1. The number of aryl methyl sites for hydroxylation is 1. The first-order valence-electron chi connectivity index (χ1n) is 7.26. The van der Waals surface area contributed by atoms with Crippen molar-refractivity contribution in [3.63, 3.8) is 0 Å². The van der Waals surface area contributed by atoms with E-state index in [4.69, 9.17) is 0 Å². The van der Waals surface area contributed by atoms with Crippen LogP contribution in [0.4, 0.5) is 4.39 Å². The van der Waals surface area contributed by atoms with Gasteiger partial charge >= 0.3 is 0 Å². The first-order valence-corrected chi connectivity index (χ1v) is 7.26. The fourth-order valence-corrected chi connectivity index (χ4v) is 2.25. The summed E-state index contributed by atoms with van der Waals surface area (Å²) in [6.07, 6.45) is 0.954. The largest absolute Gasteiger partial charge is 0.335 e. The van der Waals surface area contributed by atoms with Crippen molar-refractivity contribution in [2.24, 2.45) is 0 Å². The van der Waals surface area contributed by atoms with Crippen LogP contribution in [0.1, 0.15) is 35.3 Å². The molecule has 0 aliphatic rings. The molecule has 0 bridgehead atoms. The van der Waals surface area contributed by atoms with Crippen molar-refractivity contribution < 1.29 is 9.18 Å².